The maximum atomic E-state index is 12.6. The highest BCUT2D eigenvalue weighted by molar-refractivity contribution is 5.74. The predicted octanol–water partition coefficient (Wildman–Crippen LogP) is 3.02. The van der Waals surface area contributed by atoms with E-state index in [2.05, 4.69) is 15.3 Å². The van der Waals surface area contributed by atoms with Crippen molar-refractivity contribution >= 4 is 6.03 Å². The molecule has 1 unspecified atom stereocenters. The summed E-state index contributed by atoms with van der Waals surface area (Å²) in [5, 5.41) is 3.02. The van der Waals surface area contributed by atoms with Crippen LogP contribution in [-0.2, 0) is 17.9 Å². The second kappa shape index (κ2) is 8.76. The first-order chi connectivity index (χ1) is 12.7. The number of nitrogens with one attached hydrogen (secondary N) is 1. The molecule has 1 fully saturated rings. The normalized spacial score (nSPS) is 17.2. The summed E-state index contributed by atoms with van der Waals surface area (Å²) in [5.41, 5.74) is 3.12. The van der Waals surface area contributed by atoms with Gasteiger partial charge in [0.25, 0.3) is 0 Å². The monoisotopic (exact) mass is 354 g/mol. The van der Waals surface area contributed by atoms with Crippen LogP contribution < -0.4 is 5.32 Å². The van der Waals surface area contributed by atoms with E-state index in [1.165, 1.54) is 0 Å². The third-order valence-electron chi connectivity index (χ3n) is 4.70. The van der Waals surface area contributed by atoms with Gasteiger partial charge in [-0.05, 0) is 25.3 Å². The van der Waals surface area contributed by atoms with Gasteiger partial charge in [0.2, 0.25) is 0 Å². The van der Waals surface area contributed by atoms with Gasteiger partial charge in [0.1, 0.15) is 5.82 Å². The van der Waals surface area contributed by atoms with Gasteiger partial charge in [-0.15, -0.1) is 0 Å². The first-order valence-electron chi connectivity index (χ1n) is 9.05. The lowest BCUT2D eigenvalue weighted by Crippen LogP contribution is -2.45. The molecule has 1 saturated heterocycles. The Kier molecular flexibility index (Phi) is 6.17. The second-order valence-electron chi connectivity index (χ2n) is 6.69. The number of methoxy groups -OCH3 is 1. The van der Waals surface area contributed by atoms with E-state index in [9.17, 15) is 4.79 Å². The number of aryl methyl sites for hydroxylation is 1. The van der Waals surface area contributed by atoms with Crippen LogP contribution >= 0.6 is 0 Å². The third-order valence-corrected chi connectivity index (χ3v) is 4.70. The average Bonchev–Trinajstić information content (AvgIpc) is 2.68. The summed E-state index contributed by atoms with van der Waals surface area (Å²) in [6.45, 7) is 4.39. The van der Waals surface area contributed by atoms with Gasteiger partial charge in [-0.25, -0.2) is 14.8 Å². The van der Waals surface area contributed by atoms with E-state index in [0.29, 0.717) is 19.7 Å². The van der Waals surface area contributed by atoms with Crippen molar-refractivity contribution in [1.82, 2.24) is 20.2 Å². The zero-order chi connectivity index (χ0) is 18.4. The smallest absolute Gasteiger partial charge is 0.317 e. The molecule has 2 aromatic rings. The summed E-state index contributed by atoms with van der Waals surface area (Å²) < 4.78 is 5.29. The SMILES string of the molecule is COCc1cnc(C)nc1C1CCCN(C(=O)NCc2ccccc2)C1. The zero-order valence-corrected chi connectivity index (χ0v) is 15.4. The van der Waals surface area contributed by atoms with Crippen molar-refractivity contribution in [3.8, 4) is 0 Å². The predicted molar refractivity (Wildman–Crippen MR) is 99.7 cm³/mol. The number of piperidine rings is 1. The molecule has 1 aromatic heterocycles. The van der Waals surface area contributed by atoms with Crippen molar-refractivity contribution in [2.24, 2.45) is 0 Å². The van der Waals surface area contributed by atoms with E-state index in [0.717, 1.165) is 42.0 Å². The highest BCUT2D eigenvalue weighted by atomic mass is 16.5. The molecule has 1 aliphatic heterocycles. The minimum atomic E-state index is -0.0161. The molecular formula is C20H26N4O2. The molecule has 1 N–H and O–H groups in total. The molecule has 6 heteroatoms. The van der Waals surface area contributed by atoms with E-state index < -0.39 is 0 Å². The molecule has 26 heavy (non-hydrogen) atoms. The number of nitrogens with zero attached hydrogens (tertiary/aromatic N) is 3. The zero-order valence-electron chi connectivity index (χ0n) is 15.4. The van der Waals surface area contributed by atoms with E-state index in [1.807, 2.05) is 48.4 Å². The Morgan fingerprint density at radius 2 is 2.15 bits per heavy atom. The fourth-order valence-corrected chi connectivity index (χ4v) is 3.40. The number of carbonyl (C=O) groups is 1. The quantitative estimate of drug-likeness (QED) is 0.896. The Hall–Kier alpha value is -2.47. The lowest BCUT2D eigenvalue weighted by molar-refractivity contribution is 0.173. The van der Waals surface area contributed by atoms with Crippen LogP contribution in [0.3, 0.4) is 0 Å². The number of ether oxygens (including phenoxy) is 1. The Balaban J connectivity index is 1.65. The van der Waals surface area contributed by atoms with Gasteiger partial charge in [0.05, 0.1) is 12.3 Å². The lowest BCUT2D eigenvalue weighted by Gasteiger charge is -2.33. The fourth-order valence-electron chi connectivity index (χ4n) is 3.40. The van der Waals surface area contributed by atoms with Crippen molar-refractivity contribution in [1.29, 1.82) is 0 Å². The van der Waals surface area contributed by atoms with E-state index in [-0.39, 0.29) is 11.9 Å². The molecule has 0 saturated carbocycles. The Morgan fingerprint density at radius 3 is 2.92 bits per heavy atom. The van der Waals surface area contributed by atoms with Gasteiger partial charge < -0.3 is 15.0 Å². The molecule has 0 bridgehead atoms. The van der Waals surface area contributed by atoms with E-state index >= 15 is 0 Å². The van der Waals surface area contributed by atoms with Crippen molar-refractivity contribution < 1.29 is 9.53 Å². The van der Waals surface area contributed by atoms with Crippen molar-refractivity contribution in [3.05, 3.63) is 59.2 Å². The number of benzene rings is 1. The number of urea groups is 1. The molecule has 2 amide bonds. The van der Waals surface area contributed by atoms with Crippen LogP contribution in [0.4, 0.5) is 4.79 Å². The molecule has 138 valence electrons. The third kappa shape index (κ3) is 4.58. The molecular weight excluding hydrogens is 328 g/mol. The standard InChI is InChI=1S/C20H26N4O2/c1-15-21-12-18(14-26-2)19(23-15)17-9-6-10-24(13-17)20(25)22-11-16-7-4-3-5-8-16/h3-5,7-8,12,17H,6,9-11,13-14H2,1-2H3,(H,22,25). The number of hydrogen-bond acceptors (Lipinski definition) is 4. The molecule has 0 spiro atoms. The minimum Gasteiger partial charge on any atom is -0.380 e. The highest BCUT2D eigenvalue weighted by Gasteiger charge is 2.27. The van der Waals surface area contributed by atoms with Crippen molar-refractivity contribution in [2.75, 3.05) is 20.2 Å². The van der Waals surface area contributed by atoms with Crippen LogP contribution in [0.1, 0.15) is 41.4 Å². The topological polar surface area (TPSA) is 67.4 Å². The summed E-state index contributed by atoms with van der Waals surface area (Å²) >= 11 is 0. The van der Waals surface area contributed by atoms with Gasteiger partial charge in [-0.1, -0.05) is 30.3 Å². The summed E-state index contributed by atoms with van der Waals surface area (Å²) in [7, 11) is 1.67. The fraction of sp³-hybridized carbons (Fsp3) is 0.450. The van der Waals surface area contributed by atoms with Gasteiger partial charge >= 0.3 is 6.03 Å². The Morgan fingerprint density at radius 1 is 1.35 bits per heavy atom. The average molecular weight is 354 g/mol. The Bertz CT molecular complexity index is 736. The van der Waals surface area contributed by atoms with Gasteiger partial charge in [-0.3, -0.25) is 0 Å². The molecule has 0 radical (unpaired) electrons. The first-order valence-corrected chi connectivity index (χ1v) is 9.05. The van der Waals surface area contributed by atoms with Crippen LogP contribution in [-0.4, -0.2) is 41.1 Å². The molecule has 6 nitrogen and oxygen atoms in total. The number of likely N-dealkylation sites (tertiary alicyclic amines) is 1. The number of hydrogen-bond donors (Lipinski definition) is 1. The van der Waals surface area contributed by atoms with Crippen LogP contribution in [0.25, 0.3) is 0 Å². The Labute approximate surface area is 154 Å². The molecule has 1 aromatic carbocycles. The number of amides is 2. The summed E-state index contributed by atoms with van der Waals surface area (Å²) in [5.74, 6) is 0.976. The maximum absolute atomic E-state index is 12.6. The molecule has 3 rings (SSSR count). The van der Waals surface area contributed by atoms with Gasteiger partial charge in [-0.2, -0.15) is 0 Å². The van der Waals surface area contributed by atoms with Crippen molar-refractivity contribution in [3.63, 3.8) is 0 Å². The second-order valence-corrected chi connectivity index (χ2v) is 6.69. The summed E-state index contributed by atoms with van der Waals surface area (Å²) in [6.07, 6.45) is 3.84. The van der Waals surface area contributed by atoms with E-state index in [4.69, 9.17) is 4.74 Å². The lowest BCUT2D eigenvalue weighted by atomic mass is 9.92. The number of aromatic nitrogens is 2. The van der Waals surface area contributed by atoms with Crippen LogP contribution in [0.5, 0.6) is 0 Å². The largest absolute Gasteiger partial charge is 0.380 e. The van der Waals surface area contributed by atoms with Gasteiger partial charge in [0.15, 0.2) is 0 Å². The first kappa shape index (κ1) is 18.3. The highest BCUT2D eigenvalue weighted by Crippen LogP contribution is 2.28. The number of rotatable bonds is 5. The van der Waals surface area contributed by atoms with Gasteiger partial charge in [0, 0.05) is 44.4 Å². The molecule has 1 atom stereocenters. The summed E-state index contributed by atoms with van der Waals surface area (Å²) in [6, 6.07) is 9.94. The van der Waals surface area contributed by atoms with Crippen molar-refractivity contribution in [2.45, 2.75) is 38.8 Å². The van der Waals surface area contributed by atoms with Crippen LogP contribution in [0, 0.1) is 6.92 Å². The molecule has 1 aliphatic rings. The van der Waals surface area contributed by atoms with Crippen LogP contribution in [0.15, 0.2) is 36.5 Å². The maximum Gasteiger partial charge on any atom is 0.317 e. The van der Waals surface area contributed by atoms with Crippen LogP contribution in [0.2, 0.25) is 0 Å². The summed E-state index contributed by atoms with van der Waals surface area (Å²) in [4.78, 5) is 23.4. The minimum absolute atomic E-state index is 0.0161. The molecule has 2 heterocycles. The van der Waals surface area contributed by atoms with E-state index in [1.54, 1.807) is 7.11 Å². The molecule has 0 aliphatic carbocycles. The number of carbonyl (C=O) groups excluding carboxylic acids is 1.